The van der Waals surface area contributed by atoms with Crippen LogP contribution in [0.25, 0.3) is 22.1 Å². The van der Waals surface area contributed by atoms with Gasteiger partial charge in [0, 0.05) is 0 Å². The van der Waals surface area contributed by atoms with Gasteiger partial charge in [0.2, 0.25) is 0 Å². The molecule has 0 spiro atoms. The molecule has 0 aliphatic heterocycles. The normalized spacial score (nSPS) is 11.8. The van der Waals surface area contributed by atoms with Crippen molar-refractivity contribution >= 4 is 22.1 Å². The zero-order chi connectivity index (χ0) is 15.3. The summed E-state index contributed by atoms with van der Waals surface area (Å²) in [6.45, 7) is 6.32. The highest BCUT2D eigenvalue weighted by Crippen LogP contribution is 2.26. The number of imidazole rings is 2. The van der Waals surface area contributed by atoms with E-state index in [1.807, 2.05) is 12.1 Å². The molecule has 4 nitrogen and oxygen atoms in total. The van der Waals surface area contributed by atoms with Gasteiger partial charge in [-0.2, -0.15) is 0 Å². The van der Waals surface area contributed by atoms with E-state index in [1.165, 1.54) is 0 Å². The van der Waals surface area contributed by atoms with E-state index in [-0.39, 0.29) is 6.17 Å². The van der Waals surface area contributed by atoms with Crippen molar-refractivity contribution in [2.24, 2.45) is 0 Å². The number of hydrogen-bond donors (Lipinski definition) is 0. The van der Waals surface area contributed by atoms with Crippen molar-refractivity contribution in [3.05, 3.63) is 60.2 Å². The van der Waals surface area contributed by atoms with Crippen molar-refractivity contribution < 1.29 is 0 Å². The fraction of sp³-hybridized carbons (Fsp3) is 0.222. The molecule has 0 N–H and O–H groups in total. The Morgan fingerprint density at radius 1 is 0.727 bits per heavy atom. The van der Waals surface area contributed by atoms with Gasteiger partial charge in [-0.25, -0.2) is 9.97 Å². The van der Waals surface area contributed by atoms with Crippen LogP contribution in [-0.4, -0.2) is 19.1 Å². The first-order chi connectivity index (χ1) is 10.7. The largest absolute Gasteiger partial charge is 0.307 e. The van der Waals surface area contributed by atoms with E-state index in [9.17, 15) is 0 Å². The summed E-state index contributed by atoms with van der Waals surface area (Å²) < 4.78 is 4.55. The van der Waals surface area contributed by atoms with Gasteiger partial charge in [0.05, 0.1) is 22.1 Å². The Labute approximate surface area is 129 Å². The lowest BCUT2D eigenvalue weighted by Gasteiger charge is -2.20. The molecule has 0 aliphatic rings. The zero-order valence-corrected chi connectivity index (χ0v) is 13.0. The third-order valence-corrected chi connectivity index (χ3v) is 4.29. The van der Waals surface area contributed by atoms with E-state index in [4.69, 9.17) is 0 Å². The maximum atomic E-state index is 4.68. The van der Waals surface area contributed by atoms with Crippen molar-refractivity contribution in [3.8, 4) is 0 Å². The molecule has 22 heavy (non-hydrogen) atoms. The number of nitrogens with zero attached hydrogens (tertiary/aromatic N) is 4. The fourth-order valence-corrected chi connectivity index (χ4v) is 3.39. The molecule has 110 valence electrons. The van der Waals surface area contributed by atoms with Crippen molar-refractivity contribution in [2.75, 3.05) is 0 Å². The Balaban J connectivity index is 1.98. The first-order valence-corrected chi connectivity index (χ1v) is 7.54. The van der Waals surface area contributed by atoms with Crippen LogP contribution in [0.3, 0.4) is 0 Å². The predicted molar refractivity (Wildman–Crippen MR) is 89.0 cm³/mol. The molecule has 0 fully saturated rings. The van der Waals surface area contributed by atoms with Crippen LogP contribution in [0.15, 0.2) is 48.5 Å². The average molecular weight is 290 g/mol. The molecule has 0 radical (unpaired) electrons. The van der Waals surface area contributed by atoms with Gasteiger partial charge in [-0.05, 0) is 45.0 Å². The number of aromatic nitrogens is 4. The Kier molecular flexibility index (Phi) is 2.79. The van der Waals surface area contributed by atoms with E-state index in [0.717, 1.165) is 33.7 Å². The van der Waals surface area contributed by atoms with Crippen molar-refractivity contribution in [1.29, 1.82) is 0 Å². The van der Waals surface area contributed by atoms with Gasteiger partial charge in [-0.15, -0.1) is 0 Å². The number of hydrogen-bond acceptors (Lipinski definition) is 2. The quantitative estimate of drug-likeness (QED) is 0.558. The first-order valence-electron chi connectivity index (χ1n) is 7.54. The van der Waals surface area contributed by atoms with Gasteiger partial charge < -0.3 is 9.13 Å². The second-order valence-electron chi connectivity index (χ2n) is 5.67. The van der Waals surface area contributed by atoms with E-state index < -0.39 is 0 Å². The minimum atomic E-state index is 0.125. The number of aryl methyl sites for hydroxylation is 2. The van der Waals surface area contributed by atoms with Crippen LogP contribution in [-0.2, 0) is 0 Å². The summed E-state index contributed by atoms with van der Waals surface area (Å²) in [5.74, 6) is 2.04. The summed E-state index contributed by atoms with van der Waals surface area (Å²) >= 11 is 0. The monoisotopic (exact) mass is 290 g/mol. The number of para-hydroxylation sites is 4. The summed E-state index contributed by atoms with van der Waals surface area (Å²) in [5, 5.41) is 0. The van der Waals surface area contributed by atoms with Gasteiger partial charge in [0.25, 0.3) is 0 Å². The van der Waals surface area contributed by atoms with Crippen LogP contribution in [0.2, 0.25) is 0 Å². The Hall–Kier alpha value is -2.62. The highest BCUT2D eigenvalue weighted by molar-refractivity contribution is 5.78. The van der Waals surface area contributed by atoms with Gasteiger partial charge >= 0.3 is 0 Å². The predicted octanol–water partition coefficient (Wildman–Crippen LogP) is 4.07. The minimum absolute atomic E-state index is 0.125. The maximum absolute atomic E-state index is 4.68. The van der Waals surface area contributed by atoms with E-state index >= 15 is 0 Å². The van der Waals surface area contributed by atoms with Crippen LogP contribution in [0.4, 0.5) is 0 Å². The molecule has 0 unspecified atom stereocenters. The lowest BCUT2D eigenvalue weighted by Crippen LogP contribution is -2.17. The number of benzene rings is 2. The van der Waals surface area contributed by atoms with Gasteiger partial charge in [-0.3, -0.25) is 0 Å². The molecule has 0 aliphatic carbocycles. The molecule has 0 saturated carbocycles. The third-order valence-electron chi connectivity index (χ3n) is 4.29. The van der Waals surface area contributed by atoms with Crippen molar-refractivity contribution in [1.82, 2.24) is 19.1 Å². The summed E-state index contributed by atoms with van der Waals surface area (Å²) in [7, 11) is 0. The molecule has 2 aromatic carbocycles. The molecule has 4 aromatic rings. The molecule has 4 rings (SSSR count). The molecule has 0 saturated heterocycles. The lowest BCUT2D eigenvalue weighted by molar-refractivity contribution is 0.473. The van der Waals surface area contributed by atoms with E-state index in [0.29, 0.717) is 0 Å². The Morgan fingerprint density at radius 3 is 1.59 bits per heavy atom. The van der Waals surface area contributed by atoms with Gasteiger partial charge in [-0.1, -0.05) is 24.3 Å². The average Bonchev–Trinajstić information content (AvgIpc) is 3.01. The fourth-order valence-electron chi connectivity index (χ4n) is 3.39. The summed E-state index contributed by atoms with van der Waals surface area (Å²) in [6, 6.07) is 16.6. The molecule has 4 heteroatoms. The molecule has 0 atom stereocenters. The maximum Gasteiger partial charge on any atom is 0.111 e. The van der Waals surface area contributed by atoms with Crippen LogP contribution >= 0.6 is 0 Å². The van der Waals surface area contributed by atoms with E-state index in [1.54, 1.807) is 0 Å². The van der Waals surface area contributed by atoms with Crippen molar-refractivity contribution in [2.45, 2.75) is 26.9 Å². The number of rotatable bonds is 2. The smallest absolute Gasteiger partial charge is 0.111 e. The molecule has 2 heterocycles. The second-order valence-corrected chi connectivity index (χ2v) is 5.67. The number of fused-ring (bicyclic) bond motifs is 2. The second kappa shape index (κ2) is 4.70. The van der Waals surface area contributed by atoms with Gasteiger partial charge in [0.15, 0.2) is 0 Å². The Bertz CT molecular complexity index is 897. The lowest BCUT2D eigenvalue weighted by atomic mass is 10.3. The van der Waals surface area contributed by atoms with Crippen LogP contribution in [0.1, 0.15) is 24.7 Å². The first kappa shape index (κ1) is 13.1. The Morgan fingerprint density at radius 2 is 1.14 bits per heavy atom. The molecule has 0 amide bonds. The highest BCUT2D eigenvalue weighted by atomic mass is 15.3. The molecule has 0 bridgehead atoms. The zero-order valence-electron chi connectivity index (χ0n) is 13.0. The van der Waals surface area contributed by atoms with Crippen LogP contribution in [0.5, 0.6) is 0 Å². The topological polar surface area (TPSA) is 35.6 Å². The summed E-state index contributed by atoms with van der Waals surface area (Å²) in [5.41, 5.74) is 4.39. The summed E-state index contributed by atoms with van der Waals surface area (Å²) in [6.07, 6.45) is 0.125. The summed E-state index contributed by atoms with van der Waals surface area (Å²) in [4.78, 5) is 9.37. The van der Waals surface area contributed by atoms with Crippen LogP contribution in [0, 0.1) is 13.8 Å². The highest BCUT2D eigenvalue weighted by Gasteiger charge is 2.18. The standard InChI is InChI=1S/C18H18N4/c1-12-19-15-8-4-6-10-17(15)21(12)14(3)22-13(2)20-16-9-5-7-11-18(16)22/h4-11,14H,1-3H3. The minimum Gasteiger partial charge on any atom is -0.307 e. The molecular formula is C18H18N4. The van der Waals surface area contributed by atoms with E-state index in [2.05, 4.69) is 76.3 Å². The van der Waals surface area contributed by atoms with Gasteiger partial charge in [0.1, 0.15) is 17.8 Å². The SMILES string of the molecule is Cc1nc2ccccc2n1C(C)n1c(C)nc2ccccc21. The van der Waals surface area contributed by atoms with Crippen molar-refractivity contribution in [3.63, 3.8) is 0 Å². The molecular weight excluding hydrogens is 272 g/mol. The van der Waals surface area contributed by atoms with Crippen LogP contribution < -0.4 is 0 Å². The molecule has 2 aromatic heterocycles. The third kappa shape index (κ3) is 1.77.